The van der Waals surface area contributed by atoms with Crippen LogP contribution in [0.25, 0.3) is 0 Å². The second-order valence-corrected chi connectivity index (χ2v) is 6.14. The molecule has 0 fully saturated rings. The van der Waals surface area contributed by atoms with E-state index >= 15 is 0 Å². The van der Waals surface area contributed by atoms with Crippen molar-refractivity contribution in [2.45, 2.75) is 4.90 Å². The highest BCUT2D eigenvalue weighted by molar-refractivity contribution is 8.93. The number of halogens is 2. The lowest BCUT2D eigenvalue weighted by Gasteiger charge is -2.11. The lowest BCUT2D eigenvalue weighted by Crippen LogP contribution is -2.32. The molecule has 1 amide bonds. The number of benzene rings is 1. The number of hydrogen-bond acceptors (Lipinski definition) is 6. The zero-order chi connectivity index (χ0) is 17.8. The number of carboxylic acid groups (broad SMARTS) is 2. The molecule has 1 aromatic carbocycles. The van der Waals surface area contributed by atoms with Crippen molar-refractivity contribution in [1.82, 2.24) is 5.32 Å². The third-order valence-electron chi connectivity index (χ3n) is 2.43. The number of sulfonamides is 1. The number of amides is 1. The van der Waals surface area contributed by atoms with E-state index < -0.39 is 56.4 Å². The number of rotatable bonds is 7. The van der Waals surface area contributed by atoms with Crippen LogP contribution in [0, 0.1) is 0 Å². The Hall–Kier alpha value is -1.73. The number of carboxylic acids is 2. The van der Waals surface area contributed by atoms with Crippen LogP contribution in [0.1, 0.15) is 10.4 Å². The highest BCUT2D eigenvalue weighted by Gasteiger charge is 2.21. The SMILES string of the molecule is Br.NS(=O)(=O)c1cc(C(=O)O)cc(NC(=O)CNCC(=O)O)c1Cl. The number of nitrogens with two attached hydrogens (primary N) is 1. The zero-order valence-corrected chi connectivity index (χ0v) is 15.1. The molecule has 0 bridgehead atoms. The summed E-state index contributed by atoms with van der Waals surface area (Å²) in [6, 6.07) is 1.72. The first kappa shape index (κ1) is 22.3. The summed E-state index contributed by atoms with van der Waals surface area (Å²) < 4.78 is 22.8. The van der Waals surface area contributed by atoms with Crippen LogP contribution >= 0.6 is 28.6 Å². The van der Waals surface area contributed by atoms with Gasteiger partial charge in [-0.1, -0.05) is 11.6 Å². The van der Waals surface area contributed by atoms with Crippen LogP contribution in [0.2, 0.25) is 5.02 Å². The molecule has 0 aliphatic carbocycles. The van der Waals surface area contributed by atoms with Gasteiger partial charge in [0, 0.05) is 0 Å². The number of aromatic carboxylic acids is 1. The van der Waals surface area contributed by atoms with Crippen LogP contribution in [0.15, 0.2) is 17.0 Å². The van der Waals surface area contributed by atoms with Crippen molar-refractivity contribution in [3.8, 4) is 0 Å². The fourth-order valence-corrected chi connectivity index (χ4v) is 2.63. The fraction of sp³-hybridized carbons (Fsp3) is 0.182. The van der Waals surface area contributed by atoms with Gasteiger partial charge in [-0.3, -0.25) is 14.9 Å². The van der Waals surface area contributed by atoms with E-state index in [0.29, 0.717) is 0 Å². The van der Waals surface area contributed by atoms with Gasteiger partial charge in [0.05, 0.1) is 29.4 Å². The molecular formula is C11H13BrClN3O7S. The van der Waals surface area contributed by atoms with E-state index in [1.54, 1.807) is 0 Å². The standard InChI is InChI=1S/C11H12ClN3O7S.BrH/c12-10-6(15-8(16)3-14-4-9(17)18)1-5(11(19)20)2-7(10)23(13,21)22;/h1-2,14H,3-4H2,(H,15,16)(H,17,18)(H,19,20)(H2,13,21,22);1H. The van der Waals surface area contributed by atoms with Crippen molar-refractivity contribution >= 4 is 62.1 Å². The molecule has 0 unspecified atom stereocenters. The lowest BCUT2D eigenvalue weighted by atomic mass is 10.2. The molecule has 0 atom stereocenters. The molecule has 0 aliphatic heterocycles. The first-order valence-electron chi connectivity index (χ1n) is 5.84. The summed E-state index contributed by atoms with van der Waals surface area (Å²) in [5.74, 6) is -3.39. The first-order valence-corrected chi connectivity index (χ1v) is 7.76. The average Bonchev–Trinajstić information content (AvgIpc) is 2.38. The maximum Gasteiger partial charge on any atom is 0.335 e. The Kier molecular flexibility index (Phi) is 8.29. The minimum absolute atomic E-state index is 0. The third kappa shape index (κ3) is 6.41. The Morgan fingerprint density at radius 3 is 2.21 bits per heavy atom. The summed E-state index contributed by atoms with van der Waals surface area (Å²) in [4.78, 5) is 32.3. The van der Waals surface area contributed by atoms with E-state index in [4.69, 9.17) is 27.0 Å². The summed E-state index contributed by atoms with van der Waals surface area (Å²) in [6.45, 7) is -0.886. The maximum absolute atomic E-state index is 11.6. The van der Waals surface area contributed by atoms with E-state index in [2.05, 4.69) is 10.6 Å². The van der Waals surface area contributed by atoms with E-state index in [1.165, 1.54) is 0 Å². The van der Waals surface area contributed by atoms with Crippen molar-refractivity contribution in [1.29, 1.82) is 0 Å². The first-order chi connectivity index (χ1) is 10.5. The van der Waals surface area contributed by atoms with Crippen molar-refractivity contribution < 1.29 is 33.0 Å². The Morgan fingerprint density at radius 2 is 1.75 bits per heavy atom. The van der Waals surface area contributed by atoms with Gasteiger partial charge in [0.25, 0.3) is 0 Å². The molecule has 0 heterocycles. The van der Waals surface area contributed by atoms with Crippen LogP contribution in [-0.2, 0) is 19.6 Å². The minimum Gasteiger partial charge on any atom is -0.480 e. The molecule has 24 heavy (non-hydrogen) atoms. The monoisotopic (exact) mass is 445 g/mol. The Balaban J connectivity index is 0.00000529. The molecule has 1 rings (SSSR count). The van der Waals surface area contributed by atoms with E-state index in [1.807, 2.05) is 0 Å². The molecule has 0 aromatic heterocycles. The normalized spacial score (nSPS) is 10.6. The number of carbonyl (C=O) groups excluding carboxylic acids is 1. The van der Waals surface area contributed by atoms with Gasteiger partial charge in [0.1, 0.15) is 4.90 Å². The van der Waals surface area contributed by atoms with Gasteiger partial charge in [-0.05, 0) is 12.1 Å². The molecule has 6 N–H and O–H groups in total. The van der Waals surface area contributed by atoms with E-state index in [0.717, 1.165) is 12.1 Å². The smallest absolute Gasteiger partial charge is 0.335 e. The third-order valence-corrected chi connectivity index (χ3v) is 3.88. The molecule has 0 aliphatic rings. The number of primary sulfonamides is 1. The Morgan fingerprint density at radius 1 is 1.17 bits per heavy atom. The molecule has 0 radical (unpaired) electrons. The van der Waals surface area contributed by atoms with Crippen molar-refractivity contribution in [2.75, 3.05) is 18.4 Å². The summed E-state index contributed by atoms with van der Waals surface area (Å²) >= 11 is 5.82. The summed E-state index contributed by atoms with van der Waals surface area (Å²) in [7, 11) is -4.32. The number of hydrogen-bond donors (Lipinski definition) is 5. The van der Waals surface area contributed by atoms with E-state index in [-0.39, 0.29) is 22.7 Å². The van der Waals surface area contributed by atoms with Crippen LogP contribution in [0.4, 0.5) is 5.69 Å². The Labute approximate surface area is 151 Å². The van der Waals surface area contributed by atoms with Gasteiger partial charge in [0.15, 0.2) is 0 Å². The number of nitrogens with one attached hydrogen (secondary N) is 2. The molecule has 0 spiro atoms. The zero-order valence-electron chi connectivity index (χ0n) is 11.8. The van der Waals surface area contributed by atoms with Gasteiger partial charge in [-0.25, -0.2) is 18.4 Å². The second kappa shape index (κ2) is 8.94. The topological polar surface area (TPSA) is 176 Å². The predicted molar refractivity (Wildman–Crippen MR) is 89.2 cm³/mol. The highest BCUT2D eigenvalue weighted by atomic mass is 79.9. The van der Waals surface area contributed by atoms with Crippen molar-refractivity contribution in [3.05, 3.63) is 22.7 Å². The van der Waals surface area contributed by atoms with Gasteiger partial charge in [-0.2, -0.15) is 0 Å². The highest BCUT2D eigenvalue weighted by Crippen LogP contribution is 2.30. The molecule has 0 saturated heterocycles. The van der Waals surface area contributed by atoms with Crippen molar-refractivity contribution in [2.24, 2.45) is 5.14 Å². The maximum atomic E-state index is 11.6. The molecule has 13 heteroatoms. The molecular weight excluding hydrogens is 434 g/mol. The van der Waals surface area contributed by atoms with E-state index in [9.17, 15) is 22.8 Å². The van der Waals surface area contributed by atoms with Gasteiger partial charge < -0.3 is 15.5 Å². The average molecular weight is 447 g/mol. The Bertz CT molecular complexity index is 769. The van der Waals surface area contributed by atoms with Crippen LogP contribution < -0.4 is 15.8 Å². The summed E-state index contributed by atoms with van der Waals surface area (Å²) in [5, 5.41) is 26.3. The number of anilines is 1. The van der Waals surface area contributed by atoms with Gasteiger partial charge >= 0.3 is 11.9 Å². The van der Waals surface area contributed by atoms with Crippen molar-refractivity contribution in [3.63, 3.8) is 0 Å². The second-order valence-electron chi connectivity index (χ2n) is 4.23. The minimum atomic E-state index is -4.32. The number of carbonyl (C=O) groups is 3. The molecule has 0 saturated carbocycles. The largest absolute Gasteiger partial charge is 0.480 e. The van der Waals surface area contributed by atoms with Gasteiger partial charge in [-0.15, -0.1) is 17.0 Å². The fourth-order valence-electron chi connectivity index (χ4n) is 1.50. The van der Waals surface area contributed by atoms with Crippen LogP contribution in [0.5, 0.6) is 0 Å². The van der Waals surface area contributed by atoms with Gasteiger partial charge in [0.2, 0.25) is 15.9 Å². The molecule has 1 aromatic rings. The lowest BCUT2D eigenvalue weighted by molar-refractivity contribution is -0.135. The van der Waals surface area contributed by atoms with Crippen LogP contribution in [0.3, 0.4) is 0 Å². The molecule has 10 nitrogen and oxygen atoms in total. The number of aliphatic carboxylic acids is 1. The molecule has 134 valence electrons. The summed E-state index contributed by atoms with van der Waals surface area (Å²) in [5.41, 5.74) is -0.732. The quantitative estimate of drug-likeness (QED) is 0.385. The predicted octanol–water partition coefficient (Wildman–Crippen LogP) is -0.124. The van der Waals surface area contributed by atoms with Crippen LogP contribution in [-0.4, -0.2) is 49.6 Å². The summed E-state index contributed by atoms with van der Waals surface area (Å²) in [6.07, 6.45) is 0.